The van der Waals surface area contributed by atoms with E-state index in [0.717, 1.165) is 25.3 Å². The lowest BCUT2D eigenvalue weighted by Crippen LogP contribution is -2.29. The summed E-state index contributed by atoms with van der Waals surface area (Å²) in [5, 5.41) is 0. The highest BCUT2D eigenvalue weighted by Gasteiger charge is 2.39. The second-order valence-electron chi connectivity index (χ2n) is 9.53. The van der Waals surface area contributed by atoms with Crippen LogP contribution < -0.4 is 9.47 Å². The van der Waals surface area contributed by atoms with E-state index in [1.165, 1.54) is 30.3 Å². The molecule has 0 heterocycles. The van der Waals surface area contributed by atoms with Gasteiger partial charge in [-0.1, -0.05) is 62.6 Å². The van der Waals surface area contributed by atoms with Gasteiger partial charge in [0.2, 0.25) is 5.82 Å². The second kappa shape index (κ2) is 12.0. The SMILES string of the molecule is CCCCC1CC=C(C(F)(F)Oc2ccc(-c3ccc(-c4ccc(OCC)c(F)c4F)cc3)cc2F)CC1. The molecule has 202 valence electrons. The Kier molecular flexibility index (Phi) is 8.75. The van der Waals surface area contributed by atoms with Crippen LogP contribution >= 0.6 is 0 Å². The van der Waals surface area contributed by atoms with E-state index in [4.69, 9.17) is 9.47 Å². The smallest absolute Gasteiger partial charge is 0.422 e. The van der Waals surface area contributed by atoms with E-state index >= 15 is 0 Å². The van der Waals surface area contributed by atoms with E-state index in [1.54, 1.807) is 31.2 Å². The zero-order valence-corrected chi connectivity index (χ0v) is 21.5. The molecule has 0 aliphatic heterocycles. The lowest BCUT2D eigenvalue weighted by atomic mass is 9.86. The first kappa shape index (κ1) is 27.7. The summed E-state index contributed by atoms with van der Waals surface area (Å²) in [5.41, 5.74) is 1.38. The Morgan fingerprint density at radius 2 is 1.53 bits per heavy atom. The van der Waals surface area contributed by atoms with Crippen molar-refractivity contribution in [2.75, 3.05) is 6.61 Å². The third kappa shape index (κ3) is 6.20. The number of alkyl halides is 2. The molecule has 0 fully saturated rings. The van der Waals surface area contributed by atoms with E-state index in [0.29, 0.717) is 35.4 Å². The molecule has 3 aromatic carbocycles. The number of ether oxygens (including phenoxy) is 2. The van der Waals surface area contributed by atoms with Crippen LogP contribution in [0.3, 0.4) is 0 Å². The van der Waals surface area contributed by atoms with E-state index in [1.807, 2.05) is 0 Å². The van der Waals surface area contributed by atoms with Crippen LogP contribution in [0.5, 0.6) is 11.5 Å². The average Bonchev–Trinajstić information content (AvgIpc) is 2.92. The zero-order valence-electron chi connectivity index (χ0n) is 21.5. The van der Waals surface area contributed by atoms with Crippen molar-refractivity contribution in [2.45, 2.75) is 58.5 Å². The van der Waals surface area contributed by atoms with Gasteiger partial charge in [-0.15, -0.1) is 0 Å². The fraction of sp³-hybridized carbons (Fsp3) is 0.355. The van der Waals surface area contributed by atoms with Gasteiger partial charge in [-0.25, -0.2) is 8.78 Å². The number of rotatable bonds is 10. The summed E-state index contributed by atoms with van der Waals surface area (Å²) in [7, 11) is 0. The minimum atomic E-state index is -3.59. The molecule has 1 unspecified atom stereocenters. The maximum absolute atomic E-state index is 14.8. The summed E-state index contributed by atoms with van der Waals surface area (Å²) in [5.74, 6) is -3.30. The molecule has 0 saturated heterocycles. The molecule has 1 atom stereocenters. The van der Waals surface area contributed by atoms with Gasteiger partial charge in [-0.2, -0.15) is 13.2 Å². The van der Waals surface area contributed by atoms with E-state index in [-0.39, 0.29) is 29.9 Å². The molecule has 0 bridgehead atoms. The lowest BCUT2D eigenvalue weighted by Gasteiger charge is -2.27. The van der Waals surface area contributed by atoms with Crippen LogP contribution in [0.2, 0.25) is 0 Å². The number of hydrogen-bond donors (Lipinski definition) is 0. The van der Waals surface area contributed by atoms with Gasteiger partial charge in [0, 0.05) is 11.1 Å². The van der Waals surface area contributed by atoms with Crippen molar-refractivity contribution in [1.82, 2.24) is 0 Å². The fourth-order valence-corrected chi connectivity index (χ4v) is 4.74. The fourth-order valence-electron chi connectivity index (χ4n) is 4.74. The molecule has 4 rings (SSSR count). The number of allylic oxidation sites excluding steroid dienone is 1. The van der Waals surface area contributed by atoms with Crippen molar-refractivity contribution in [3.8, 4) is 33.8 Å². The van der Waals surface area contributed by atoms with Gasteiger partial charge in [0.1, 0.15) is 0 Å². The summed E-state index contributed by atoms with van der Waals surface area (Å²) in [6, 6.07) is 13.0. The van der Waals surface area contributed by atoms with Crippen LogP contribution in [-0.4, -0.2) is 12.7 Å². The van der Waals surface area contributed by atoms with Crippen molar-refractivity contribution in [1.29, 1.82) is 0 Å². The van der Waals surface area contributed by atoms with Gasteiger partial charge in [0.15, 0.2) is 23.1 Å². The largest absolute Gasteiger partial charge is 0.491 e. The van der Waals surface area contributed by atoms with Gasteiger partial charge in [-0.3, -0.25) is 0 Å². The van der Waals surface area contributed by atoms with Crippen molar-refractivity contribution in [3.05, 3.63) is 83.7 Å². The molecule has 0 N–H and O–H groups in total. The Balaban J connectivity index is 1.47. The van der Waals surface area contributed by atoms with E-state index in [9.17, 15) is 22.0 Å². The molecule has 0 spiro atoms. The predicted molar refractivity (Wildman–Crippen MR) is 139 cm³/mol. The maximum atomic E-state index is 14.8. The molecule has 3 aromatic rings. The Bertz CT molecular complexity index is 1280. The van der Waals surface area contributed by atoms with Crippen LogP contribution in [0.15, 0.2) is 66.2 Å². The minimum Gasteiger partial charge on any atom is -0.491 e. The number of benzene rings is 3. The highest BCUT2D eigenvalue weighted by Crippen LogP contribution is 2.39. The average molecular weight is 531 g/mol. The first-order chi connectivity index (χ1) is 18.2. The van der Waals surface area contributed by atoms with Crippen LogP contribution in [0.1, 0.15) is 52.4 Å². The topological polar surface area (TPSA) is 18.5 Å². The molecule has 0 aromatic heterocycles. The van der Waals surface area contributed by atoms with Gasteiger partial charge in [0.05, 0.1) is 6.61 Å². The molecule has 1 aliphatic carbocycles. The van der Waals surface area contributed by atoms with E-state index < -0.39 is 29.3 Å². The monoisotopic (exact) mass is 530 g/mol. The summed E-state index contributed by atoms with van der Waals surface area (Å²) in [4.78, 5) is 0. The molecule has 0 amide bonds. The van der Waals surface area contributed by atoms with Crippen LogP contribution in [-0.2, 0) is 0 Å². The Morgan fingerprint density at radius 1 is 0.842 bits per heavy atom. The first-order valence-electron chi connectivity index (χ1n) is 13.0. The molecule has 38 heavy (non-hydrogen) atoms. The lowest BCUT2D eigenvalue weighted by molar-refractivity contribution is -0.147. The summed E-state index contributed by atoms with van der Waals surface area (Å²) in [6.07, 6.45) is 2.62. The Hall–Kier alpha value is -3.35. The molecule has 0 radical (unpaired) electrons. The molecular formula is C31H31F5O2. The maximum Gasteiger partial charge on any atom is 0.422 e. The summed E-state index contributed by atoms with van der Waals surface area (Å²) >= 11 is 0. The van der Waals surface area contributed by atoms with Crippen molar-refractivity contribution >= 4 is 0 Å². The standard InChI is InChI=1S/C31H31F5O2/c1-3-5-6-20-7-14-24(15-8-20)31(35,36)38-27-17-13-23(19-26(27)32)21-9-11-22(12-10-21)25-16-18-28(37-4-2)30(34)29(25)33/h9-14,16-20H,3-8,15H2,1-2H3. The van der Waals surface area contributed by atoms with E-state index in [2.05, 4.69) is 6.92 Å². The van der Waals surface area contributed by atoms with Gasteiger partial charge >= 0.3 is 6.11 Å². The molecule has 2 nitrogen and oxygen atoms in total. The molecule has 7 heteroatoms. The van der Waals surface area contributed by atoms with Gasteiger partial charge < -0.3 is 9.47 Å². The number of unbranched alkanes of at least 4 members (excludes halogenated alkanes) is 1. The molecule has 0 saturated carbocycles. The normalized spacial score (nSPS) is 15.8. The highest BCUT2D eigenvalue weighted by atomic mass is 19.3. The Labute approximate surface area is 220 Å². The summed E-state index contributed by atoms with van der Waals surface area (Å²) in [6.45, 7) is 3.99. The van der Waals surface area contributed by atoms with Gasteiger partial charge in [-0.05, 0) is 73.1 Å². The molecule has 1 aliphatic rings. The van der Waals surface area contributed by atoms with Crippen LogP contribution in [0.25, 0.3) is 22.3 Å². The second-order valence-corrected chi connectivity index (χ2v) is 9.53. The minimum absolute atomic E-state index is 0.0587. The number of hydrogen-bond acceptors (Lipinski definition) is 2. The van der Waals surface area contributed by atoms with Crippen LogP contribution in [0.4, 0.5) is 22.0 Å². The quantitative estimate of drug-likeness (QED) is 0.192. The first-order valence-corrected chi connectivity index (χ1v) is 13.0. The Morgan fingerprint density at radius 3 is 2.16 bits per heavy atom. The third-order valence-corrected chi connectivity index (χ3v) is 6.91. The number of halogens is 5. The zero-order chi connectivity index (χ0) is 27.3. The molecular weight excluding hydrogens is 499 g/mol. The van der Waals surface area contributed by atoms with Crippen LogP contribution in [0, 0.1) is 23.4 Å². The highest BCUT2D eigenvalue weighted by molar-refractivity contribution is 5.71. The predicted octanol–water partition coefficient (Wildman–Crippen LogP) is 9.72. The van der Waals surface area contributed by atoms with Gasteiger partial charge in [0.25, 0.3) is 0 Å². The van der Waals surface area contributed by atoms with Crippen molar-refractivity contribution < 1.29 is 31.4 Å². The summed E-state index contributed by atoms with van der Waals surface area (Å²) < 4.78 is 83.1. The third-order valence-electron chi connectivity index (χ3n) is 6.91. The van der Waals surface area contributed by atoms with Crippen molar-refractivity contribution in [3.63, 3.8) is 0 Å². The van der Waals surface area contributed by atoms with Crippen molar-refractivity contribution in [2.24, 2.45) is 5.92 Å².